The van der Waals surface area contributed by atoms with Crippen molar-refractivity contribution in [2.75, 3.05) is 26.1 Å². The smallest absolute Gasteiger partial charge is 0.264 e. The van der Waals surface area contributed by atoms with E-state index in [1.54, 1.807) is 0 Å². The van der Waals surface area contributed by atoms with Crippen molar-refractivity contribution in [3.8, 4) is 0 Å². The minimum atomic E-state index is -3.33. The molecular weight excluding hydrogens is 208 g/mol. The van der Waals surface area contributed by atoms with Crippen LogP contribution in [-0.2, 0) is 23.8 Å². The molecule has 0 saturated carbocycles. The lowest BCUT2D eigenvalue weighted by Crippen LogP contribution is -2.07. The molecule has 0 saturated heterocycles. The summed E-state index contributed by atoms with van der Waals surface area (Å²) in [5.41, 5.74) is 0. The molecule has 0 amide bonds. The normalized spacial score (nSPS) is 11.6. The van der Waals surface area contributed by atoms with Crippen molar-refractivity contribution < 1.29 is 22.1 Å². The highest BCUT2D eigenvalue weighted by atomic mass is 32.2. The second-order valence-electron chi connectivity index (χ2n) is 2.99. The molecular formula is C8H16O5S. The summed E-state index contributed by atoms with van der Waals surface area (Å²) in [4.78, 5) is 10.4. The van der Waals surface area contributed by atoms with E-state index in [0.717, 1.165) is 6.26 Å². The lowest BCUT2D eigenvalue weighted by molar-refractivity contribution is -0.121. The molecule has 5 nitrogen and oxygen atoms in total. The molecule has 0 aromatic heterocycles. The average molecular weight is 224 g/mol. The molecule has 0 aliphatic carbocycles. The van der Waals surface area contributed by atoms with E-state index in [1.807, 2.05) is 0 Å². The minimum absolute atomic E-state index is 0.0163. The summed E-state index contributed by atoms with van der Waals surface area (Å²) in [5.74, 6) is -0.0163. The Labute approximate surface area is 84.5 Å². The number of carbonyl (C=O) groups is 1. The number of unbranched alkanes of at least 4 members (excludes halogenated alkanes) is 1. The van der Waals surface area contributed by atoms with Gasteiger partial charge in [-0.15, -0.1) is 0 Å². The quantitative estimate of drug-likeness (QED) is 0.439. The van der Waals surface area contributed by atoms with Crippen LogP contribution in [0.1, 0.15) is 19.8 Å². The van der Waals surface area contributed by atoms with Gasteiger partial charge in [-0.05, 0) is 19.8 Å². The second-order valence-corrected chi connectivity index (χ2v) is 4.63. The standard InChI is InChI=1S/C8H16O5S/c1-8(9)7-12-5-3-4-6-13-14(2,10)11/h3-7H2,1-2H3. The Kier molecular flexibility index (Phi) is 6.69. The van der Waals surface area contributed by atoms with Gasteiger partial charge in [-0.2, -0.15) is 8.42 Å². The van der Waals surface area contributed by atoms with E-state index in [-0.39, 0.29) is 19.0 Å². The first-order valence-electron chi connectivity index (χ1n) is 4.33. The van der Waals surface area contributed by atoms with Gasteiger partial charge in [-0.1, -0.05) is 0 Å². The fourth-order valence-corrected chi connectivity index (χ4v) is 1.15. The van der Waals surface area contributed by atoms with Crippen molar-refractivity contribution >= 4 is 15.9 Å². The van der Waals surface area contributed by atoms with Crippen molar-refractivity contribution in [2.24, 2.45) is 0 Å². The highest BCUT2D eigenvalue weighted by Gasteiger charge is 2.00. The van der Waals surface area contributed by atoms with E-state index in [1.165, 1.54) is 6.92 Å². The molecule has 0 rings (SSSR count). The summed E-state index contributed by atoms with van der Waals surface area (Å²) in [5, 5.41) is 0. The predicted octanol–water partition coefficient (Wildman–Crippen LogP) is 0.348. The van der Waals surface area contributed by atoms with E-state index in [2.05, 4.69) is 4.18 Å². The molecule has 0 aromatic rings. The van der Waals surface area contributed by atoms with Crippen LogP contribution in [0.25, 0.3) is 0 Å². The van der Waals surface area contributed by atoms with Gasteiger partial charge < -0.3 is 4.74 Å². The number of rotatable bonds is 8. The Balaban J connectivity index is 3.19. The maximum Gasteiger partial charge on any atom is 0.264 e. The largest absolute Gasteiger partial charge is 0.374 e. The maximum absolute atomic E-state index is 10.5. The first-order valence-corrected chi connectivity index (χ1v) is 6.15. The molecule has 84 valence electrons. The number of hydrogen-bond donors (Lipinski definition) is 0. The second kappa shape index (κ2) is 6.92. The maximum atomic E-state index is 10.5. The molecule has 0 N–H and O–H groups in total. The van der Waals surface area contributed by atoms with Crippen LogP contribution < -0.4 is 0 Å². The molecule has 0 radical (unpaired) electrons. The summed E-state index contributed by atoms with van der Waals surface area (Å²) >= 11 is 0. The van der Waals surface area contributed by atoms with Gasteiger partial charge in [0.2, 0.25) is 0 Å². The highest BCUT2D eigenvalue weighted by molar-refractivity contribution is 7.85. The number of ketones is 1. The van der Waals surface area contributed by atoms with Gasteiger partial charge in [0.1, 0.15) is 6.61 Å². The van der Waals surface area contributed by atoms with Crippen molar-refractivity contribution in [1.29, 1.82) is 0 Å². The molecule has 0 aliphatic rings. The molecule has 0 fully saturated rings. The van der Waals surface area contributed by atoms with E-state index in [9.17, 15) is 13.2 Å². The van der Waals surface area contributed by atoms with E-state index in [0.29, 0.717) is 19.4 Å². The summed E-state index contributed by atoms with van der Waals surface area (Å²) < 4.78 is 30.5. The molecule has 0 bridgehead atoms. The van der Waals surface area contributed by atoms with Gasteiger partial charge in [-0.3, -0.25) is 8.98 Å². The average Bonchev–Trinajstić information content (AvgIpc) is 2.00. The lowest BCUT2D eigenvalue weighted by atomic mass is 10.3. The topological polar surface area (TPSA) is 69.7 Å². The van der Waals surface area contributed by atoms with Gasteiger partial charge in [0.05, 0.1) is 12.9 Å². The third kappa shape index (κ3) is 11.5. The van der Waals surface area contributed by atoms with Gasteiger partial charge in [0, 0.05) is 6.61 Å². The summed E-state index contributed by atoms with van der Waals surface area (Å²) in [6, 6.07) is 0. The fourth-order valence-electron chi connectivity index (χ4n) is 0.732. The van der Waals surface area contributed by atoms with Crippen LogP contribution in [-0.4, -0.2) is 40.3 Å². The molecule has 0 unspecified atom stereocenters. The van der Waals surface area contributed by atoms with Crippen LogP contribution in [0.4, 0.5) is 0 Å². The number of ether oxygens (including phenoxy) is 1. The van der Waals surface area contributed by atoms with Crippen LogP contribution in [0.15, 0.2) is 0 Å². The summed E-state index contributed by atoms with van der Waals surface area (Å²) in [6.45, 7) is 2.19. The van der Waals surface area contributed by atoms with E-state index >= 15 is 0 Å². The van der Waals surface area contributed by atoms with Crippen LogP contribution >= 0.6 is 0 Å². The molecule has 0 aliphatic heterocycles. The SMILES string of the molecule is CC(=O)COCCCCOS(C)(=O)=O. The Hall–Kier alpha value is -0.460. The van der Waals surface area contributed by atoms with Crippen LogP contribution in [0.3, 0.4) is 0 Å². The lowest BCUT2D eigenvalue weighted by Gasteiger charge is -2.02. The number of hydrogen-bond acceptors (Lipinski definition) is 5. The van der Waals surface area contributed by atoms with Crippen molar-refractivity contribution in [3.05, 3.63) is 0 Å². The van der Waals surface area contributed by atoms with Gasteiger partial charge in [0.15, 0.2) is 5.78 Å². The zero-order chi connectivity index (χ0) is 11.0. The minimum Gasteiger partial charge on any atom is -0.374 e. The van der Waals surface area contributed by atoms with Crippen LogP contribution in [0.2, 0.25) is 0 Å². The van der Waals surface area contributed by atoms with Crippen molar-refractivity contribution in [1.82, 2.24) is 0 Å². The Morgan fingerprint density at radius 2 is 1.79 bits per heavy atom. The first kappa shape index (κ1) is 13.5. The van der Waals surface area contributed by atoms with Crippen LogP contribution in [0, 0.1) is 0 Å². The molecule has 0 atom stereocenters. The van der Waals surface area contributed by atoms with Crippen molar-refractivity contribution in [3.63, 3.8) is 0 Å². The van der Waals surface area contributed by atoms with Crippen molar-refractivity contribution in [2.45, 2.75) is 19.8 Å². The molecule has 0 aromatic carbocycles. The van der Waals surface area contributed by atoms with Crippen LogP contribution in [0.5, 0.6) is 0 Å². The predicted molar refractivity (Wildman–Crippen MR) is 51.5 cm³/mol. The molecule has 0 spiro atoms. The zero-order valence-corrected chi connectivity index (χ0v) is 9.30. The Bertz CT molecular complexity index is 257. The number of Topliss-reactive ketones (excluding diaryl/α,β-unsaturated/α-hetero) is 1. The Morgan fingerprint density at radius 3 is 2.29 bits per heavy atom. The number of carbonyl (C=O) groups excluding carboxylic acids is 1. The monoisotopic (exact) mass is 224 g/mol. The summed E-state index contributed by atoms with van der Waals surface area (Å²) in [6.07, 6.45) is 2.30. The third-order valence-electron chi connectivity index (χ3n) is 1.29. The highest BCUT2D eigenvalue weighted by Crippen LogP contribution is 1.94. The van der Waals surface area contributed by atoms with E-state index in [4.69, 9.17) is 4.74 Å². The molecule has 6 heteroatoms. The zero-order valence-electron chi connectivity index (χ0n) is 8.49. The summed E-state index contributed by atoms with van der Waals surface area (Å²) in [7, 11) is -3.33. The van der Waals surface area contributed by atoms with E-state index < -0.39 is 10.1 Å². The Morgan fingerprint density at radius 1 is 1.21 bits per heavy atom. The third-order valence-corrected chi connectivity index (χ3v) is 1.88. The molecule has 14 heavy (non-hydrogen) atoms. The van der Waals surface area contributed by atoms with Gasteiger partial charge >= 0.3 is 0 Å². The van der Waals surface area contributed by atoms with Gasteiger partial charge in [0.25, 0.3) is 10.1 Å². The van der Waals surface area contributed by atoms with Gasteiger partial charge in [-0.25, -0.2) is 0 Å². The first-order chi connectivity index (χ1) is 6.42. The fraction of sp³-hybridized carbons (Fsp3) is 0.875. The molecule has 0 heterocycles.